The van der Waals surface area contributed by atoms with E-state index in [1.165, 1.54) is 318 Å². The van der Waals surface area contributed by atoms with Gasteiger partial charge >= 0.3 is 0 Å². The highest BCUT2D eigenvalue weighted by Crippen LogP contribution is 2.51. The van der Waals surface area contributed by atoms with Crippen LogP contribution in [0.1, 0.15) is 307 Å². The average molecular weight is 1360 g/mol. The first kappa shape index (κ1) is 73.3. The van der Waals surface area contributed by atoms with E-state index in [1.54, 1.807) is 11.1 Å². The molecule has 0 aliphatic heterocycles. The Morgan fingerprint density at radius 1 is 0.256 bits per heavy atom. The standard InChI is InChI=1S/C80H114N2S8/c1-5-9-13-17-21-25-29-33-37-41-45-63-57-69(61-49-53-67(83)54-50-61)85-73(63)74-64(46-42-38-34-30-26-22-18-14-10-6-2)59-71(87-74)72-60-66(48-44-40-36-32-28-24-20-16-12-8-4)76(88-72)78-82-80-79(90-78)81-77(89-80)75-65(47-43-39-35-31-27-23-19-15-11-7-3)58-70(86-75)62-51-55-68(84)56-52-62/h49-60,83-84H,5-48H2,1-4H3. The first-order valence-corrected chi connectivity index (χ1v) is 42.5. The monoisotopic (exact) mass is 1360 g/mol. The second kappa shape index (κ2) is 42.8. The Labute approximate surface area is 583 Å². The van der Waals surface area contributed by atoms with E-state index in [9.17, 15) is 0 Å². The minimum absolute atomic E-state index is 1.00. The lowest BCUT2D eigenvalue weighted by atomic mass is 10.0. The maximum Gasteiger partial charge on any atom is 0.155 e. The smallest absolute Gasteiger partial charge is 0.155 e. The Morgan fingerprint density at radius 3 is 0.767 bits per heavy atom. The molecule has 0 saturated carbocycles. The van der Waals surface area contributed by atoms with Crippen molar-refractivity contribution in [1.29, 1.82) is 0 Å². The highest BCUT2D eigenvalue weighted by Gasteiger charge is 2.25. The summed E-state index contributed by atoms with van der Waals surface area (Å²) in [6.07, 6.45) is 58.9. The number of hydrogen-bond donors (Lipinski definition) is 2. The van der Waals surface area contributed by atoms with Crippen molar-refractivity contribution in [2.45, 2.75) is 320 Å². The summed E-state index contributed by atoms with van der Waals surface area (Å²) in [6, 6.07) is 27.9. The Balaban J connectivity index is 1.07. The van der Waals surface area contributed by atoms with Crippen molar-refractivity contribution >= 4 is 103 Å². The summed E-state index contributed by atoms with van der Waals surface area (Å²) < 4.78 is 0. The average Bonchev–Trinajstić information content (AvgIpc) is 1.65. The molecule has 0 amide bonds. The van der Waals surface area contributed by atoms with Crippen molar-refractivity contribution in [1.82, 2.24) is 9.97 Å². The number of aryl methyl sites for hydroxylation is 4. The fourth-order valence-electron chi connectivity index (χ4n) is 13.0. The zero-order valence-electron chi connectivity index (χ0n) is 56.3. The molecule has 0 atom stereocenters. The molecule has 492 valence electrons. The van der Waals surface area contributed by atoms with Gasteiger partial charge in [-0.05, 0) is 133 Å². The SMILES string of the molecule is CCCCCCCCCCCCc1cc(-c2ccc(S)cc2)sc1-c1nc2sc(-c3sc(-c4cc(CCCCCCCCCCCC)c(-c5sc(-c6ccc(S)cc6)cc5CCCCCCCCCCCC)s4)cc3CCCCCCCCCCCC)nc2s1. The molecule has 2 aromatic carbocycles. The number of benzene rings is 2. The number of nitrogens with zero attached hydrogens (tertiary/aromatic N) is 2. The number of rotatable bonds is 50. The Kier molecular flexibility index (Phi) is 34.8. The van der Waals surface area contributed by atoms with Crippen LogP contribution >= 0.6 is 93.3 Å². The predicted octanol–water partition coefficient (Wildman–Crippen LogP) is 30.4. The molecule has 0 saturated heterocycles. The van der Waals surface area contributed by atoms with Gasteiger partial charge in [0.05, 0.1) is 9.75 Å². The number of thiophene rings is 4. The fourth-order valence-corrected chi connectivity index (χ4v) is 20.7. The van der Waals surface area contributed by atoms with E-state index in [0.29, 0.717) is 0 Å². The van der Waals surface area contributed by atoms with Crippen LogP contribution in [0.3, 0.4) is 0 Å². The molecule has 0 aliphatic rings. The van der Waals surface area contributed by atoms with Crippen molar-refractivity contribution in [2.75, 3.05) is 0 Å². The van der Waals surface area contributed by atoms with Gasteiger partial charge < -0.3 is 0 Å². The molecule has 10 heteroatoms. The predicted molar refractivity (Wildman–Crippen MR) is 416 cm³/mol. The first-order chi connectivity index (χ1) is 44.3. The molecule has 0 bridgehead atoms. The van der Waals surface area contributed by atoms with Gasteiger partial charge in [-0.25, -0.2) is 9.97 Å². The highest BCUT2D eigenvalue weighted by molar-refractivity contribution is 7.80. The van der Waals surface area contributed by atoms with Crippen molar-refractivity contribution in [3.8, 4) is 60.2 Å². The lowest BCUT2D eigenvalue weighted by molar-refractivity contribution is 0.556. The van der Waals surface area contributed by atoms with E-state index in [4.69, 9.17) is 22.6 Å². The number of unbranched alkanes of at least 4 members (excludes halogenated alkanes) is 36. The Hall–Kier alpha value is -2.54. The molecule has 8 aromatic rings. The molecule has 2 nitrogen and oxygen atoms in total. The minimum Gasteiger partial charge on any atom is -0.222 e. The van der Waals surface area contributed by atoms with Crippen LogP contribution in [0.2, 0.25) is 0 Å². The van der Waals surface area contributed by atoms with Crippen molar-refractivity contribution in [3.05, 3.63) is 95.1 Å². The van der Waals surface area contributed by atoms with Gasteiger partial charge in [0.1, 0.15) is 10.0 Å². The highest BCUT2D eigenvalue weighted by atomic mass is 32.1. The topological polar surface area (TPSA) is 25.8 Å². The van der Waals surface area contributed by atoms with E-state index >= 15 is 0 Å². The Morgan fingerprint density at radius 2 is 0.478 bits per heavy atom. The second-order valence-corrected chi connectivity index (χ2v) is 33.5. The lowest BCUT2D eigenvalue weighted by Crippen LogP contribution is -1.90. The van der Waals surface area contributed by atoms with Gasteiger partial charge in [0, 0.05) is 39.1 Å². The number of thiol groups is 2. The quantitative estimate of drug-likeness (QED) is 0.0294. The molecule has 8 rings (SSSR count). The largest absolute Gasteiger partial charge is 0.222 e. The van der Waals surface area contributed by atoms with Crippen LogP contribution in [0, 0.1) is 0 Å². The second-order valence-electron chi connectivity index (χ2n) is 26.3. The summed E-state index contributed by atoms with van der Waals surface area (Å²) in [5, 5.41) is 2.30. The van der Waals surface area contributed by atoms with E-state index in [-0.39, 0.29) is 0 Å². The molecule has 0 aliphatic carbocycles. The van der Waals surface area contributed by atoms with Crippen LogP contribution in [-0.4, -0.2) is 9.97 Å². The van der Waals surface area contributed by atoms with Crippen LogP contribution < -0.4 is 0 Å². The molecule has 6 heterocycles. The van der Waals surface area contributed by atoms with E-state index in [1.807, 2.05) is 56.7 Å². The van der Waals surface area contributed by atoms with Crippen LogP contribution in [0.5, 0.6) is 0 Å². The lowest BCUT2D eigenvalue weighted by Gasteiger charge is -2.07. The molecular formula is C80H114N2S8. The number of aromatic nitrogens is 2. The van der Waals surface area contributed by atoms with Crippen LogP contribution in [-0.2, 0) is 25.7 Å². The number of thiazole rings is 2. The first-order valence-electron chi connectivity index (χ1n) is 36.7. The summed E-state index contributed by atoms with van der Waals surface area (Å²) in [6.45, 7) is 9.28. The van der Waals surface area contributed by atoms with Gasteiger partial charge in [0.2, 0.25) is 0 Å². The molecular weight excluding hydrogens is 1250 g/mol. The summed E-state index contributed by atoms with van der Waals surface area (Å²) in [5.41, 5.74) is 8.65. The fraction of sp³-hybridized carbons (Fsp3) is 0.600. The molecule has 0 N–H and O–H groups in total. The van der Waals surface area contributed by atoms with Gasteiger partial charge in [-0.2, -0.15) is 0 Å². The third-order valence-corrected chi connectivity index (χ3v) is 26.7. The molecule has 0 fully saturated rings. The van der Waals surface area contributed by atoms with Crippen LogP contribution in [0.25, 0.3) is 69.8 Å². The van der Waals surface area contributed by atoms with Crippen LogP contribution in [0.4, 0.5) is 0 Å². The molecule has 6 aromatic heterocycles. The molecule has 0 unspecified atom stereocenters. The van der Waals surface area contributed by atoms with Gasteiger partial charge in [0.25, 0.3) is 0 Å². The van der Waals surface area contributed by atoms with Crippen LogP contribution in [0.15, 0.2) is 82.6 Å². The molecule has 0 radical (unpaired) electrons. The van der Waals surface area contributed by atoms with Gasteiger partial charge in [-0.15, -0.1) is 70.6 Å². The summed E-state index contributed by atoms with van der Waals surface area (Å²) >= 11 is 21.1. The molecule has 0 spiro atoms. The summed E-state index contributed by atoms with van der Waals surface area (Å²) in [4.78, 5) is 26.7. The van der Waals surface area contributed by atoms with E-state index < -0.39 is 0 Å². The summed E-state index contributed by atoms with van der Waals surface area (Å²) in [5.74, 6) is 0. The van der Waals surface area contributed by atoms with E-state index in [2.05, 4.69) is 124 Å². The van der Waals surface area contributed by atoms with E-state index in [0.717, 1.165) is 55.2 Å². The van der Waals surface area contributed by atoms with Crippen molar-refractivity contribution in [3.63, 3.8) is 0 Å². The van der Waals surface area contributed by atoms with Crippen molar-refractivity contribution in [2.24, 2.45) is 0 Å². The zero-order chi connectivity index (χ0) is 62.8. The number of fused-ring (bicyclic) bond motifs is 1. The third kappa shape index (κ3) is 24.6. The van der Waals surface area contributed by atoms with Gasteiger partial charge in [-0.1, -0.05) is 306 Å². The normalized spacial score (nSPS) is 11.8. The van der Waals surface area contributed by atoms with Gasteiger partial charge in [0.15, 0.2) is 9.66 Å². The third-order valence-electron chi connectivity index (χ3n) is 18.6. The minimum atomic E-state index is 1.00. The summed E-state index contributed by atoms with van der Waals surface area (Å²) in [7, 11) is 0. The molecule has 90 heavy (non-hydrogen) atoms. The van der Waals surface area contributed by atoms with Gasteiger partial charge in [-0.3, -0.25) is 0 Å². The Bertz CT molecular complexity index is 3140. The maximum absolute atomic E-state index is 5.58. The number of hydrogen-bond acceptors (Lipinski definition) is 10. The zero-order valence-corrected chi connectivity index (χ0v) is 63.0. The maximum atomic E-state index is 5.58. The van der Waals surface area contributed by atoms with Crippen molar-refractivity contribution < 1.29 is 0 Å².